The molecule has 2 saturated carbocycles. The van der Waals surface area contributed by atoms with E-state index in [-0.39, 0.29) is 6.10 Å². The molecule has 3 aliphatic heterocycles. The summed E-state index contributed by atoms with van der Waals surface area (Å²) < 4.78 is 5.24. The van der Waals surface area contributed by atoms with Crippen molar-refractivity contribution in [3.8, 4) is 0 Å². The van der Waals surface area contributed by atoms with E-state index >= 15 is 0 Å². The van der Waals surface area contributed by atoms with Crippen LogP contribution in [0, 0.1) is 17.8 Å². The van der Waals surface area contributed by atoms with Crippen LogP contribution in [0.2, 0.25) is 0 Å². The summed E-state index contributed by atoms with van der Waals surface area (Å²) in [5.74, 6) is 2.36. The average Bonchev–Trinajstić information content (AvgIpc) is 4.13. The topological polar surface area (TPSA) is 111 Å². The minimum absolute atomic E-state index is 0.0276. The third kappa shape index (κ3) is 43.0. The highest BCUT2D eigenvalue weighted by molar-refractivity contribution is 5.10. The van der Waals surface area contributed by atoms with E-state index in [4.69, 9.17) is 4.74 Å². The summed E-state index contributed by atoms with van der Waals surface area (Å²) in [6.45, 7) is 42.9. The van der Waals surface area contributed by atoms with Gasteiger partial charge in [-0.2, -0.15) is 0 Å². The van der Waals surface area contributed by atoms with E-state index in [1.807, 2.05) is 49.2 Å². The van der Waals surface area contributed by atoms with Crippen molar-refractivity contribution in [3.05, 3.63) is 90.3 Å². The van der Waals surface area contributed by atoms with E-state index in [1.165, 1.54) is 126 Å². The summed E-state index contributed by atoms with van der Waals surface area (Å²) in [6, 6.07) is 20.0. The van der Waals surface area contributed by atoms with Crippen molar-refractivity contribution in [2.24, 2.45) is 17.8 Å². The zero-order chi connectivity index (χ0) is 57.9. The van der Waals surface area contributed by atoms with Crippen LogP contribution in [0.5, 0.6) is 0 Å². The van der Waals surface area contributed by atoms with Gasteiger partial charge in [0.15, 0.2) is 0 Å². The first-order chi connectivity index (χ1) is 37.2. The van der Waals surface area contributed by atoms with Gasteiger partial charge in [-0.3, -0.25) is 15.0 Å². The lowest BCUT2D eigenvalue weighted by molar-refractivity contribution is 0.0760. The lowest BCUT2D eigenvalue weighted by Crippen LogP contribution is -2.41. The van der Waals surface area contributed by atoms with E-state index in [0.717, 1.165) is 87.6 Å². The third-order valence-corrected chi connectivity index (χ3v) is 14.7. The lowest BCUT2D eigenvalue weighted by atomic mass is 9.93. The number of aromatic nitrogens is 3. The van der Waals surface area contributed by atoms with Crippen molar-refractivity contribution in [1.29, 1.82) is 0 Å². The Hall–Kier alpha value is -2.83. The van der Waals surface area contributed by atoms with Gasteiger partial charge in [-0.25, -0.2) is 0 Å². The van der Waals surface area contributed by atoms with Gasteiger partial charge in [0.05, 0.1) is 6.10 Å². The number of aliphatic hydroxyl groups is 1. The Morgan fingerprint density at radius 2 is 0.923 bits per heavy atom. The minimum atomic E-state index is -0.0276. The van der Waals surface area contributed by atoms with Crippen LogP contribution in [0.3, 0.4) is 0 Å². The normalized spacial score (nSPS) is 18.7. The first-order valence-electron chi connectivity index (χ1n) is 31.9. The number of nitrogens with zero attached hydrogens (tertiary/aromatic N) is 5. The van der Waals surface area contributed by atoms with Crippen LogP contribution in [-0.4, -0.2) is 124 Å². The first kappa shape index (κ1) is 73.2. The van der Waals surface area contributed by atoms with E-state index in [9.17, 15) is 5.11 Å². The molecule has 3 aromatic heterocycles. The maximum atomic E-state index is 9.23. The maximum absolute atomic E-state index is 9.23. The summed E-state index contributed by atoms with van der Waals surface area (Å²) in [6.07, 6.45) is 33.0. The van der Waals surface area contributed by atoms with Gasteiger partial charge >= 0.3 is 0 Å². The molecule has 0 atom stereocenters. The quantitative estimate of drug-likeness (QED) is 0.104. The van der Waals surface area contributed by atoms with Crippen molar-refractivity contribution < 1.29 is 9.84 Å². The number of ether oxygens (including phenoxy) is 1. The Kier molecular flexibility index (Phi) is 43.9. The molecule has 78 heavy (non-hydrogen) atoms. The van der Waals surface area contributed by atoms with Gasteiger partial charge in [-0.1, -0.05) is 108 Å². The highest BCUT2D eigenvalue weighted by Gasteiger charge is 2.20. The molecule has 2 aliphatic carbocycles. The van der Waals surface area contributed by atoms with Crippen LogP contribution < -0.4 is 16.0 Å². The number of pyridine rings is 3. The fourth-order valence-corrected chi connectivity index (χ4v) is 9.72. The van der Waals surface area contributed by atoms with E-state index in [1.54, 1.807) is 0 Å². The Morgan fingerprint density at radius 1 is 0.462 bits per heavy atom. The van der Waals surface area contributed by atoms with E-state index in [2.05, 4.69) is 176 Å². The molecule has 0 radical (unpaired) electrons. The molecule has 3 aromatic rings. The Labute approximate surface area is 483 Å². The Bertz CT molecular complexity index is 1580. The summed E-state index contributed by atoms with van der Waals surface area (Å²) >= 11 is 0. The van der Waals surface area contributed by atoms with Crippen molar-refractivity contribution in [1.82, 2.24) is 40.7 Å². The highest BCUT2D eigenvalue weighted by atomic mass is 16.5. The zero-order valence-corrected chi connectivity index (χ0v) is 53.6. The van der Waals surface area contributed by atoms with Gasteiger partial charge in [-0.05, 0) is 222 Å². The average molecular weight is 1090 g/mol. The molecule has 0 amide bonds. The summed E-state index contributed by atoms with van der Waals surface area (Å²) in [7, 11) is 0. The summed E-state index contributed by atoms with van der Waals surface area (Å²) in [5, 5.41) is 19.8. The Morgan fingerprint density at radius 3 is 1.32 bits per heavy atom. The Balaban J connectivity index is 0.000000447. The second-order valence-electron chi connectivity index (χ2n) is 25.5. The monoisotopic (exact) mass is 1090 g/mol. The van der Waals surface area contributed by atoms with Crippen molar-refractivity contribution >= 4 is 0 Å². The van der Waals surface area contributed by atoms with Crippen LogP contribution in [0.15, 0.2) is 73.4 Å². The fraction of sp³-hybridized carbons (Fsp3) is 0.779. The fourth-order valence-electron chi connectivity index (χ4n) is 9.72. The molecule has 5 fully saturated rings. The number of hydrogen-bond donors (Lipinski definition) is 4. The smallest absolute Gasteiger partial charge is 0.0541 e. The molecule has 10 heteroatoms. The van der Waals surface area contributed by atoms with Crippen LogP contribution in [0.4, 0.5) is 0 Å². The lowest BCUT2D eigenvalue weighted by Gasteiger charge is -2.34. The zero-order valence-electron chi connectivity index (χ0n) is 53.6. The van der Waals surface area contributed by atoms with Crippen LogP contribution in [0.1, 0.15) is 230 Å². The molecule has 0 spiro atoms. The molecule has 5 aliphatic rings. The summed E-state index contributed by atoms with van der Waals surface area (Å²) in [5.41, 5.74) is 3.95. The number of likely N-dealkylation sites (tertiary alicyclic amines) is 2. The van der Waals surface area contributed by atoms with Gasteiger partial charge < -0.3 is 35.6 Å². The van der Waals surface area contributed by atoms with Crippen molar-refractivity contribution in [2.75, 3.05) is 39.4 Å². The highest BCUT2D eigenvalue weighted by Crippen LogP contribution is 2.19. The predicted octanol–water partition coefficient (Wildman–Crippen LogP) is 15.0. The van der Waals surface area contributed by atoms with Crippen LogP contribution in [0.25, 0.3) is 0 Å². The minimum Gasteiger partial charge on any atom is -0.393 e. The van der Waals surface area contributed by atoms with E-state index < -0.39 is 0 Å². The molecular formula is C68H126N8O2. The van der Waals surface area contributed by atoms with E-state index in [0.29, 0.717) is 30.2 Å². The number of aliphatic hydroxyl groups excluding tert-OH is 1. The van der Waals surface area contributed by atoms with Gasteiger partial charge in [0.1, 0.15) is 0 Å². The molecule has 0 bridgehead atoms. The molecule has 3 saturated heterocycles. The SMILES string of the molecule is CC(C)CCc1ccccn1.CC(C)CCc1cccnc1.CC(C)CCc1ccncc1.CC(C)N1CCC1.CC(C)N1CCCC1.CC(C)NC1CCC(O)CC1.CC(C)NC1CCCC1.CC(C)NC1CCOCC1. The maximum Gasteiger partial charge on any atom is 0.0541 e. The van der Waals surface area contributed by atoms with Crippen LogP contribution in [-0.2, 0) is 24.0 Å². The first-order valence-corrected chi connectivity index (χ1v) is 31.9. The summed E-state index contributed by atoms with van der Waals surface area (Å²) in [4.78, 5) is 17.3. The van der Waals surface area contributed by atoms with Gasteiger partial charge in [0, 0.05) is 98.2 Å². The number of hydrogen-bond acceptors (Lipinski definition) is 10. The molecule has 0 aromatic carbocycles. The van der Waals surface area contributed by atoms with Crippen molar-refractivity contribution in [2.45, 2.75) is 287 Å². The number of rotatable bonds is 17. The molecule has 450 valence electrons. The standard InChI is InChI=1S/3C10H15N.C9H19NO.C8H17NO.C8H17N.C7H15N.C6H13N/c1-9(2)3-4-10-5-7-11-8-6-10;1-9(2)5-6-10-4-3-7-11-8-10;1-9(2)6-7-10-5-3-4-8-11-10;1-7(2)10-8-3-5-9(11)6-4-8;1-7(2)9-8-3-5-10-6-4-8;1-7(2)9-8-5-3-4-6-8;1-7(2)8-5-3-4-6-8;1-6(2)7-4-3-5-7/h5-9H,3-4H2,1-2H3;3-4,7-9H,5-6H2,1-2H3;3-5,8-9H,6-7H2,1-2H3;7-11H,3-6H2,1-2H3;7-9H,3-6H2,1-2H3;7-9H,3-6H2,1-2H3;7H,3-6H2,1-2H3;6H,3-5H2,1-2H3. The largest absolute Gasteiger partial charge is 0.393 e. The predicted molar refractivity (Wildman–Crippen MR) is 339 cm³/mol. The second kappa shape index (κ2) is 46.7. The van der Waals surface area contributed by atoms with Crippen LogP contribution >= 0.6 is 0 Å². The molecular weight excluding hydrogens is 961 g/mol. The second-order valence-corrected chi connectivity index (χ2v) is 25.5. The molecule has 10 nitrogen and oxygen atoms in total. The number of aryl methyl sites for hydroxylation is 3. The molecule has 0 unspecified atom stereocenters. The molecule has 4 N–H and O–H groups in total. The van der Waals surface area contributed by atoms with Gasteiger partial charge in [-0.15, -0.1) is 0 Å². The van der Waals surface area contributed by atoms with Crippen molar-refractivity contribution in [3.63, 3.8) is 0 Å². The molecule has 8 rings (SSSR count). The van der Waals surface area contributed by atoms with Gasteiger partial charge in [0.2, 0.25) is 0 Å². The van der Waals surface area contributed by atoms with Gasteiger partial charge in [0.25, 0.3) is 0 Å². The molecule has 6 heterocycles. The number of nitrogens with one attached hydrogen (secondary N) is 3. The third-order valence-electron chi connectivity index (χ3n) is 14.7.